The van der Waals surface area contributed by atoms with Crippen LogP contribution in [0.3, 0.4) is 0 Å². The molecule has 2 heteroatoms. The molecule has 2 nitrogen and oxygen atoms in total. The van der Waals surface area contributed by atoms with Gasteiger partial charge in [-0.3, -0.25) is 0 Å². The number of rotatable bonds is 7. The highest BCUT2D eigenvalue weighted by Gasteiger charge is 2.07. The summed E-state index contributed by atoms with van der Waals surface area (Å²) < 4.78 is 5.39. The maximum Gasteiger partial charge on any atom is 0.122 e. The zero-order valence-corrected chi connectivity index (χ0v) is 12.3. The summed E-state index contributed by atoms with van der Waals surface area (Å²) in [5.41, 5.74) is 2.64. The van der Waals surface area contributed by atoms with Gasteiger partial charge in [-0.05, 0) is 43.5 Å². The lowest BCUT2D eigenvalue weighted by Gasteiger charge is -2.15. The summed E-state index contributed by atoms with van der Waals surface area (Å²) in [6, 6.07) is 19.3. The second-order valence-electron chi connectivity index (χ2n) is 5.11. The van der Waals surface area contributed by atoms with Gasteiger partial charge in [-0.15, -0.1) is 0 Å². The van der Waals surface area contributed by atoms with Gasteiger partial charge in [0.15, 0.2) is 0 Å². The fraction of sp³-hybridized carbons (Fsp3) is 0.333. The average Bonchev–Trinajstić information content (AvgIpc) is 2.49. The zero-order valence-electron chi connectivity index (χ0n) is 12.3. The van der Waals surface area contributed by atoms with Gasteiger partial charge >= 0.3 is 0 Å². The first-order valence-electron chi connectivity index (χ1n) is 7.19. The maximum absolute atomic E-state index is 5.39. The van der Waals surface area contributed by atoms with E-state index in [4.69, 9.17) is 4.74 Å². The Labute approximate surface area is 121 Å². The third-order valence-electron chi connectivity index (χ3n) is 3.47. The molecule has 0 bridgehead atoms. The van der Waals surface area contributed by atoms with Crippen molar-refractivity contribution in [3.63, 3.8) is 0 Å². The predicted octanol–water partition coefficient (Wildman–Crippen LogP) is 3.46. The Balaban J connectivity index is 1.79. The molecule has 20 heavy (non-hydrogen) atoms. The first kappa shape index (κ1) is 14.6. The van der Waals surface area contributed by atoms with Crippen LogP contribution < -0.4 is 10.1 Å². The van der Waals surface area contributed by atoms with Gasteiger partial charge in [0.1, 0.15) is 5.75 Å². The van der Waals surface area contributed by atoms with Crippen LogP contribution >= 0.6 is 0 Å². The van der Waals surface area contributed by atoms with Crippen molar-refractivity contribution < 1.29 is 4.74 Å². The van der Waals surface area contributed by atoms with Crippen LogP contribution in [0.4, 0.5) is 0 Å². The molecule has 2 aromatic rings. The van der Waals surface area contributed by atoms with Crippen LogP contribution in [-0.2, 0) is 12.8 Å². The first-order valence-corrected chi connectivity index (χ1v) is 7.19. The molecule has 0 spiro atoms. The van der Waals surface area contributed by atoms with E-state index in [2.05, 4.69) is 54.7 Å². The quantitative estimate of drug-likeness (QED) is 0.831. The van der Waals surface area contributed by atoms with Crippen LogP contribution in [0.25, 0.3) is 0 Å². The van der Waals surface area contributed by atoms with E-state index in [1.165, 1.54) is 11.1 Å². The molecule has 106 valence electrons. The molecular formula is C18H23NO. The summed E-state index contributed by atoms with van der Waals surface area (Å²) in [6.45, 7) is 3.22. The molecule has 1 atom stereocenters. The van der Waals surface area contributed by atoms with E-state index >= 15 is 0 Å². The Bertz CT molecular complexity index is 510. The van der Waals surface area contributed by atoms with Crippen LogP contribution in [-0.4, -0.2) is 19.7 Å². The number of ether oxygens (including phenoxy) is 1. The van der Waals surface area contributed by atoms with Crippen LogP contribution in [0.1, 0.15) is 18.1 Å². The maximum atomic E-state index is 5.39. The average molecular weight is 269 g/mol. The lowest BCUT2D eigenvalue weighted by Crippen LogP contribution is -2.30. The SMILES string of the molecule is COc1ccccc1CC(C)NCCc1ccccc1. The lowest BCUT2D eigenvalue weighted by molar-refractivity contribution is 0.406. The Morgan fingerprint density at radius 3 is 2.45 bits per heavy atom. The minimum absolute atomic E-state index is 0.440. The highest BCUT2D eigenvalue weighted by atomic mass is 16.5. The molecule has 0 fully saturated rings. The Morgan fingerprint density at radius 1 is 1.00 bits per heavy atom. The third kappa shape index (κ3) is 4.39. The molecule has 2 aromatic carbocycles. The number of methoxy groups -OCH3 is 1. The van der Waals surface area contributed by atoms with Crippen molar-refractivity contribution >= 4 is 0 Å². The van der Waals surface area contributed by atoms with Crippen molar-refractivity contribution in [2.24, 2.45) is 0 Å². The van der Waals surface area contributed by atoms with E-state index < -0.39 is 0 Å². The summed E-state index contributed by atoms with van der Waals surface area (Å²) in [6.07, 6.45) is 2.05. The van der Waals surface area contributed by atoms with Gasteiger partial charge in [-0.25, -0.2) is 0 Å². The fourth-order valence-corrected chi connectivity index (χ4v) is 2.38. The minimum Gasteiger partial charge on any atom is -0.496 e. The van der Waals surface area contributed by atoms with E-state index in [0.717, 1.165) is 25.1 Å². The van der Waals surface area contributed by atoms with Gasteiger partial charge in [-0.1, -0.05) is 48.5 Å². The number of benzene rings is 2. The van der Waals surface area contributed by atoms with Gasteiger partial charge in [0.25, 0.3) is 0 Å². The largest absolute Gasteiger partial charge is 0.496 e. The Hall–Kier alpha value is -1.80. The molecule has 0 aliphatic rings. The molecule has 0 aliphatic carbocycles. The molecule has 2 rings (SSSR count). The second kappa shape index (κ2) is 7.71. The van der Waals surface area contributed by atoms with E-state index in [-0.39, 0.29) is 0 Å². The van der Waals surface area contributed by atoms with Gasteiger partial charge in [-0.2, -0.15) is 0 Å². The summed E-state index contributed by atoms with van der Waals surface area (Å²) in [7, 11) is 1.73. The van der Waals surface area contributed by atoms with E-state index in [1.54, 1.807) is 7.11 Å². The first-order chi connectivity index (χ1) is 9.79. The molecule has 1 N–H and O–H groups in total. The van der Waals surface area contributed by atoms with E-state index in [1.807, 2.05) is 12.1 Å². The summed E-state index contributed by atoms with van der Waals surface area (Å²) in [4.78, 5) is 0. The van der Waals surface area contributed by atoms with Crippen LogP contribution in [0.15, 0.2) is 54.6 Å². The molecule has 1 unspecified atom stereocenters. The Kier molecular flexibility index (Phi) is 5.63. The highest BCUT2D eigenvalue weighted by Crippen LogP contribution is 2.18. The van der Waals surface area contributed by atoms with Gasteiger partial charge < -0.3 is 10.1 Å². The van der Waals surface area contributed by atoms with Gasteiger partial charge in [0, 0.05) is 6.04 Å². The zero-order chi connectivity index (χ0) is 14.2. The summed E-state index contributed by atoms with van der Waals surface area (Å²) in [5, 5.41) is 3.58. The van der Waals surface area contributed by atoms with Crippen LogP contribution in [0.2, 0.25) is 0 Å². The predicted molar refractivity (Wildman–Crippen MR) is 84.3 cm³/mol. The topological polar surface area (TPSA) is 21.3 Å². The molecule has 0 aromatic heterocycles. The minimum atomic E-state index is 0.440. The number of nitrogens with one attached hydrogen (secondary N) is 1. The third-order valence-corrected chi connectivity index (χ3v) is 3.47. The standard InChI is InChI=1S/C18H23NO/c1-15(14-17-10-6-7-11-18(17)20-2)19-13-12-16-8-4-3-5-9-16/h3-11,15,19H,12-14H2,1-2H3. The number of para-hydroxylation sites is 1. The monoisotopic (exact) mass is 269 g/mol. The van der Waals surface area contributed by atoms with Crippen molar-refractivity contribution in [2.45, 2.75) is 25.8 Å². The van der Waals surface area contributed by atoms with Gasteiger partial charge in [0.2, 0.25) is 0 Å². The number of hydrogen-bond donors (Lipinski definition) is 1. The molecule has 0 heterocycles. The van der Waals surface area contributed by atoms with Crippen molar-refractivity contribution in [3.8, 4) is 5.75 Å². The second-order valence-corrected chi connectivity index (χ2v) is 5.11. The van der Waals surface area contributed by atoms with Crippen molar-refractivity contribution in [2.75, 3.05) is 13.7 Å². The smallest absolute Gasteiger partial charge is 0.122 e. The fourth-order valence-electron chi connectivity index (χ4n) is 2.38. The molecule has 0 amide bonds. The Morgan fingerprint density at radius 2 is 1.70 bits per heavy atom. The molecule has 0 aliphatic heterocycles. The summed E-state index contributed by atoms with van der Waals surface area (Å²) in [5.74, 6) is 0.976. The highest BCUT2D eigenvalue weighted by molar-refractivity contribution is 5.33. The molecule has 0 saturated carbocycles. The lowest BCUT2D eigenvalue weighted by atomic mass is 10.1. The van der Waals surface area contributed by atoms with Crippen molar-refractivity contribution in [1.29, 1.82) is 0 Å². The number of hydrogen-bond acceptors (Lipinski definition) is 2. The van der Waals surface area contributed by atoms with Crippen LogP contribution in [0, 0.1) is 0 Å². The van der Waals surface area contributed by atoms with Crippen molar-refractivity contribution in [1.82, 2.24) is 5.32 Å². The van der Waals surface area contributed by atoms with Gasteiger partial charge in [0.05, 0.1) is 7.11 Å². The van der Waals surface area contributed by atoms with E-state index in [9.17, 15) is 0 Å². The van der Waals surface area contributed by atoms with Crippen molar-refractivity contribution in [3.05, 3.63) is 65.7 Å². The molecule has 0 radical (unpaired) electrons. The van der Waals surface area contributed by atoms with Crippen LogP contribution in [0.5, 0.6) is 5.75 Å². The molecular weight excluding hydrogens is 246 g/mol. The molecule has 0 saturated heterocycles. The van der Waals surface area contributed by atoms with E-state index in [0.29, 0.717) is 6.04 Å². The summed E-state index contributed by atoms with van der Waals surface area (Å²) >= 11 is 0. The normalized spacial score (nSPS) is 12.1.